The van der Waals surface area contributed by atoms with Gasteiger partial charge >= 0.3 is 6.18 Å². The predicted octanol–water partition coefficient (Wildman–Crippen LogP) is 7.24. The lowest BCUT2D eigenvalue weighted by Gasteiger charge is -2.33. The number of hydrogen-bond donors (Lipinski definition) is 1. The van der Waals surface area contributed by atoms with Crippen molar-refractivity contribution < 1.29 is 26.7 Å². The Bertz CT molecular complexity index is 1680. The fraction of sp³-hybridized carbons (Fsp3) is 0.258. The second kappa shape index (κ2) is 10.6. The number of halogens is 5. The summed E-state index contributed by atoms with van der Waals surface area (Å²) in [4.78, 5) is 14.3. The summed E-state index contributed by atoms with van der Waals surface area (Å²) in [6.45, 7) is 3.33. The number of pyridine rings is 1. The van der Waals surface area contributed by atoms with E-state index in [1.165, 1.54) is 41.6 Å². The molecule has 4 nitrogen and oxygen atoms in total. The Morgan fingerprint density at radius 1 is 1.00 bits per heavy atom. The van der Waals surface area contributed by atoms with Gasteiger partial charge in [-0.15, -0.1) is 11.8 Å². The van der Waals surface area contributed by atoms with Crippen molar-refractivity contribution in [3.8, 4) is 16.9 Å². The Hall–Kier alpha value is -3.63. The van der Waals surface area contributed by atoms with Crippen LogP contribution in [0.2, 0.25) is 0 Å². The van der Waals surface area contributed by atoms with E-state index in [0.717, 1.165) is 23.8 Å². The van der Waals surface area contributed by atoms with Gasteiger partial charge in [0.15, 0.2) is 11.6 Å². The monoisotopic (exact) mass is 586 g/mol. The van der Waals surface area contributed by atoms with Gasteiger partial charge in [-0.05, 0) is 48.7 Å². The number of nitrogens with zero attached hydrogens (tertiary/aromatic N) is 1. The van der Waals surface area contributed by atoms with Crippen molar-refractivity contribution in [3.63, 3.8) is 0 Å². The van der Waals surface area contributed by atoms with Gasteiger partial charge in [0.05, 0.1) is 34.8 Å². The maximum Gasteiger partial charge on any atom is 0.416 e. The number of hydrogen-bond acceptors (Lipinski definition) is 4. The number of benzene rings is 3. The zero-order chi connectivity index (χ0) is 29.7. The van der Waals surface area contributed by atoms with Crippen molar-refractivity contribution in [1.82, 2.24) is 4.57 Å². The molecule has 2 N–H and O–H groups in total. The molecule has 1 aromatic heterocycles. The number of rotatable bonds is 6. The molecule has 1 aliphatic rings. The van der Waals surface area contributed by atoms with Gasteiger partial charge in [-0.2, -0.15) is 13.2 Å². The van der Waals surface area contributed by atoms with Gasteiger partial charge in [0, 0.05) is 23.3 Å². The quantitative estimate of drug-likeness (QED) is 0.242. The van der Waals surface area contributed by atoms with Gasteiger partial charge in [0.25, 0.3) is 5.56 Å². The molecular formula is C31H27F5N2O2S. The molecule has 41 heavy (non-hydrogen) atoms. The molecule has 10 heteroatoms. The SMILES string of the molecule is COc1cccc(-c2c(C)c(Cc3c(F)cccc3C(F)(F)F)c3n(c2=O)C(C(C)(N)c2ccccc2)CS3)c1F. The Balaban J connectivity index is 1.82. The van der Waals surface area contributed by atoms with Crippen LogP contribution in [0.25, 0.3) is 11.1 Å². The average molecular weight is 587 g/mol. The fourth-order valence-corrected chi connectivity index (χ4v) is 7.06. The van der Waals surface area contributed by atoms with E-state index in [9.17, 15) is 18.0 Å². The van der Waals surface area contributed by atoms with Gasteiger partial charge in [0.2, 0.25) is 0 Å². The maximum atomic E-state index is 15.6. The molecule has 1 aliphatic heterocycles. The number of methoxy groups -OCH3 is 1. The van der Waals surface area contributed by atoms with E-state index in [2.05, 4.69) is 0 Å². The standard InChI is InChI=1S/C31H27F5N2O2S/c1-17-20(15-21-22(31(34,35)36)12-8-13-23(21)32)29-38(25(16-41-29)30(2,37)18-9-5-4-6-10-18)28(39)26(17)19-11-7-14-24(40-3)27(19)33/h4-14,25H,15-16,37H2,1-3H3. The van der Waals surface area contributed by atoms with Crippen LogP contribution in [-0.2, 0) is 18.1 Å². The fourth-order valence-electron chi connectivity index (χ4n) is 5.50. The van der Waals surface area contributed by atoms with Crippen LogP contribution < -0.4 is 16.0 Å². The first-order chi connectivity index (χ1) is 19.4. The molecule has 3 aromatic carbocycles. The summed E-state index contributed by atoms with van der Waals surface area (Å²) in [5.74, 6) is -1.58. The summed E-state index contributed by atoms with van der Waals surface area (Å²) in [5.41, 5.74) is 4.78. The number of thioether (sulfide) groups is 1. The average Bonchev–Trinajstić information content (AvgIpc) is 3.39. The van der Waals surface area contributed by atoms with Crippen LogP contribution in [0, 0.1) is 18.6 Å². The molecule has 5 rings (SSSR count). The minimum absolute atomic E-state index is 0.0404. The summed E-state index contributed by atoms with van der Waals surface area (Å²) < 4.78 is 79.0. The van der Waals surface area contributed by atoms with E-state index >= 15 is 8.78 Å². The predicted molar refractivity (Wildman–Crippen MR) is 149 cm³/mol. The summed E-state index contributed by atoms with van der Waals surface area (Å²) in [6.07, 6.45) is -5.27. The van der Waals surface area contributed by atoms with Crippen molar-refractivity contribution in [2.75, 3.05) is 12.9 Å². The Morgan fingerprint density at radius 2 is 1.68 bits per heavy atom. The Labute approximate surface area is 238 Å². The zero-order valence-corrected chi connectivity index (χ0v) is 23.3. The molecule has 0 saturated carbocycles. The molecule has 2 atom stereocenters. The summed E-state index contributed by atoms with van der Waals surface area (Å²) >= 11 is 1.27. The second-order valence-electron chi connectivity index (χ2n) is 10.2. The van der Waals surface area contributed by atoms with E-state index in [-0.39, 0.29) is 22.4 Å². The largest absolute Gasteiger partial charge is 0.494 e. The molecule has 4 aromatic rings. The third-order valence-electron chi connectivity index (χ3n) is 7.75. The van der Waals surface area contributed by atoms with Crippen molar-refractivity contribution in [3.05, 3.63) is 117 Å². The molecule has 0 fully saturated rings. The van der Waals surface area contributed by atoms with E-state index in [0.29, 0.717) is 16.3 Å². The molecule has 0 saturated heterocycles. The number of alkyl halides is 3. The number of ether oxygens (including phenoxy) is 1. The first kappa shape index (κ1) is 28.9. The lowest BCUT2D eigenvalue weighted by Crippen LogP contribution is -2.45. The van der Waals surface area contributed by atoms with Crippen LogP contribution in [0.1, 0.15) is 40.8 Å². The summed E-state index contributed by atoms with van der Waals surface area (Å²) in [7, 11) is 1.29. The van der Waals surface area contributed by atoms with Gasteiger partial charge in [-0.1, -0.05) is 48.5 Å². The summed E-state index contributed by atoms with van der Waals surface area (Å²) in [6, 6.07) is 15.7. The van der Waals surface area contributed by atoms with E-state index in [4.69, 9.17) is 10.5 Å². The van der Waals surface area contributed by atoms with Gasteiger partial charge in [0.1, 0.15) is 5.82 Å². The minimum Gasteiger partial charge on any atom is -0.494 e. The van der Waals surface area contributed by atoms with E-state index in [1.54, 1.807) is 13.8 Å². The van der Waals surface area contributed by atoms with Crippen molar-refractivity contribution in [2.24, 2.45) is 5.73 Å². The molecule has 0 radical (unpaired) electrons. The third-order valence-corrected chi connectivity index (χ3v) is 8.94. The zero-order valence-electron chi connectivity index (χ0n) is 22.5. The van der Waals surface area contributed by atoms with Crippen LogP contribution >= 0.6 is 11.8 Å². The van der Waals surface area contributed by atoms with E-state index < -0.39 is 52.5 Å². The smallest absolute Gasteiger partial charge is 0.416 e. The number of nitrogens with two attached hydrogens (primary N) is 1. The van der Waals surface area contributed by atoms with Crippen LogP contribution in [0.3, 0.4) is 0 Å². The first-order valence-corrected chi connectivity index (χ1v) is 13.8. The highest BCUT2D eigenvalue weighted by Gasteiger charge is 2.42. The topological polar surface area (TPSA) is 57.2 Å². The molecule has 0 spiro atoms. The molecule has 0 bridgehead atoms. The highest BCUT2D eigenvalue weighted by molar-refractivity contribution is 7.99. The number of aromatic nitrogens is 1. The molecule has 2 unspecified atom stereocenters. The van der Waals surface area contributed by atoms with Crippen LogP contribution in [0.5, 0.6) is 5.75 Å². The molecule has 214 valence electrons. The number of fused-ring (bicyclic) bond motifs is 1. The lowest BCUT2D eigenvalue weighted by molar-refractivity contribution is -0.138. The molecular weight excluding hydrogens is 559 g/mol. The van der Waals surface area contributed by atoms with E-state index in [1.807, 2.05) is 30.3 Å². The van der Waals surface area contributed by atoms with Crippen molar-refractivity contribution >= 4 is 11.8 Å². The first-order valence-electron chi connectivity index (χ1n) is 12.8. The normalized spacial score (nSPS) is 16.4. The lowest BCUT2D eigenvalue weighted by atomic mass is 9.85. The van der Waals surface area contributed by atoms with Gasteiger partial charge < -0.3 is 10.5 Å². The Morgan fingerprint density at radius 3 is 2.34 bits per heavy atom. The molecule has 0 amide bonds. The van der Waals surface area contributed by atoms with Crippen molar-refractivity contribution in [1.29, 1.82) is 0 Å². The highest BCUT2D eigenvalue weighted by atomic mass is 32.2. The maximum absolute atomic E-state index is 15.6. The highest BCUT2D eigenvalue weighted by Crippen LogP contribution is 2.46. The molecule has 2 heterocycles. The third kappa shape index (κ3) is 4.93. The van der Waals surface area contributed by atoms with Gasteiger partial charge in [-0.3, -0.25) is 9.36 Å². The van der Waals surface area contributed by atoms with Gasteiger partial charge in [-0.25, -0.2) is 8.78 Å². The van der Waals surface area contributed by atoms with Crippen LogP contribution in [0.15, 0.2) is 76.6 Å². The van der Waals surface area contributed by atoms with Crippen LogP contribution in [0.4, 0.5) is 22.0 Å². The summed E-state index contributed by atoms with van der Waals surface area (Å²) in [5, 5.41) is 0.383. The Kier molecular flexibility index (Phi) is 7.50. The van der Waals surface area contributed by atoms with Crippen LogP contribution in [-0.4, -0.2) is 17.4 Å². The van der Waals surface area contributed by atoms with Crippen molar-refractivity contribution in [2.45, 2.75) is 43.1 Å². The molecule has 0 aliphatic carbocycles. The second-order valence-corrected chi connectivity index (χ2v) is 11.2. The minimum atomic E-state index is -4.80.